The molecule has 0 aliphatic heterocycles. The molecule has 6 nitrogen and oxygen atoms in total. The number of fused-ring (bicyclic) bond motifs is 1. The molecule has 1 aromatic heterocycles. The predicted molar refractivity (Wildman–Crippen MR) is 102 cm³/mol. The van der Waals surface area contributed by atoms with Crippen LogP contribution in [0.15, 0.2) is 18.2 Å². The number of alkyl halides is 2. The summed E-state index contributed by atoms with van der Waals surface area (Å²) in [6.07, 6.45) is 2.44. The lowest BCUT2D eigenvalue weighted by Gasteiger charge is -2.18. The first-order valence-electron chi connectivity index (χ1n) is 8.69. The maximum atomic E-state index is 12.8. The first kappa shape index (κ1) is 20.1. The molecule has 0 unspecified atom stereocenters. The van der Waals surface area contributed by atoms with Gasteiger partial charge in [0.1, 0.15) is 5.00 Å². The zero-order valence-electron chi connectivity index (χ0n) is 15.4. The second kappa shape index (κ2) is 8.14. The molecule has 0 fully saturated rings. The van der Waals surface area contributed by atoms with Crippen molar-refractivity contribution in [1.82, 2.24) is 0 Å². The van der Waals surface area contributed by atoms with Gasteiger partial charge in [-0.3, -0.25) is 9.59 Å². The highest BCUT2D eigenvalue weighted by atomic mass is 32.1. The maximum Gasteiger partial charge on any atom is 0.387 e. The number of hydrogen-bond donors (Lipinski definition) is 2. The number of carbonyl (C=O) groups excluding carboxylic acids is 2. The van der Waals surface area contributed by atoms with Gasteiger partial charge in [-0.1, -0.05) is 13.0 Å². The lowest BCUT2D eigenvalue weighted by atomic mass is 9.88. The number of para-hydroxylation sites is 1. The zero-order chi connectivity index (χ0) is 20.4. The highest BCUT2D eigenvalue weighted by Gasteiger charge is 2.28. The van der Waals surface area contributed by atoms with Crippen LogP contribution < -0.4 is 20.5 Å². The summed E-state index contributed by atoms with van der Waals surface area (Å²) in [5.74, 6) is -1.21. The molecular weight excluding hydrogens is 390 g/mol. The molecule has 28 heavy (non-hydrogen) atoms. The van der Waals surface area contributed by atoms with E-state index in [-0.39, 0.29) is 17.1 Å². The van der Waals surface area contributed by atoms with Crippen molar-refractivity contribution >= 4 is 28.2 Å². The maximum absolute atomic E-state index is 12.8. The number of ether oxygens (including phenoxy) is 2. The Labute approximate surface area is 164 Å². The molecule has 1 heterocycles. The Morgan fingerprint density at radius 2 is 2.11 bits per heavy atom. The number of benzene rings is 1. The van der Waals surface area contributed by atoms with Crippen molar-refractivity contribution in [2.75, 3.05) is 12.4 Å². The second-order valence-electron chi connectivity index (χ2n) is 6.59. The zero-order valence-corrected chi connectivity index (χ0v) is 16.2. The summed E-state index contributed by atoms with van der Waals surface area (Å²) in [6.45, 7) is -1.01. The fraction of sp³-hybridized carbons (Fsp3) is 0.368. The number of carbonyl (C=O) groups is 2. The normalized spacial score (nSPS) is 15.8. The molecule has 150 valence electrons. The molecule has 2 amide bonds. The highest BCUT2D eigenvalue weighted by Crippen LogP contribution is 2.40. The Kier molecular flexibility index (Phi) is 5.83. The molecule has 0 saturated heterocycles. The van der Waals surface area contributed by atoms with E-state index in [4.69, 9.17) is 10.5 Å². The van der Waals surface area contributed by atoms with Crippen LogP contribution in [0.1, 0.15) is 44.5 Å². The van der Waals surface area contributed by atoms with Crippen LogP contribution in [0.25, 0.3) is 0 Å². The van der Waals surface area contributed by atoms with Crippen molar-refractivity contribution in [3.05, 3.63) is 39.8 Å². The Morgan fingerprint density at radius 3 is 2.75 bits per heavy atom. The summed E-state index contributed by atoms with van der Waals surface area (Å²) < 4.78 is 35.1. The number of primary amides is 1. The van der Waals surface area contributed by atoms with Crippen molar-refractivity contribution in [1.29, 1.82) is 0 Å². The van der Waals surface area contributed by atoms with Gasteiger partial charge >= 0.3 is 6.61 Å². The minimum atomic E-state index is -3.13. The van der Waals surface area contributed by atoms with Crippen LogP contribution in [0.5, 0.6) is 11.5 Å². The molecule has 3 N–H and O–H groups in total. The first-order valence-corrected chi connectivity index (χ1v) is 9.51. The van der Waals surface area contributed by atoms with Crippen LogP contribution in [0, 0.1) is 5.92 Å². The van der Waals surface area contributed by atoms with Crippen molar-refractivity contribution in [2.24, 2.45) is 11.7 Å². The van der Waals surface area contributed by atoms with Gasteiger partial charge in [-0.2, -0.15) is 8.78 Å². The van der Waals surface area contributed by atoms with Crippen LogP contribution in [0.2, 0.25) is 0 Å². The third-order valence-corrected chi connectivity index (χ3v) is 5.81. The van der Waals surface area contributed by atoms with Gasteiger partial charge < -0.3 is 20.5 Å². The number of amides is 2. The van der Waals surface area contributed by atoms with E-state index in [0.717, 1.165) is 23.3 Å². The van der Waals surface area contributed by atoms with Gasteiger partial charge in [0.05, 0.1) is 18.2 Å². The quantitative estimate of drug-likeness (QED) is 0.757. The molecule has 1 aliphatic rings. The van der Waals surface area contributed by atoms with E-state index in [1.165, 1.54) is 36.6 Å². The summed E-state index contributed by atoms with van der Waals surface area (Å²) in [4.78, 5) is 25.8. The summed E-state index contributed by atoms with van der Waals surface area (Å²) in [5.41, 5.74) is 6.57. The molecule has 0 radical (unpaired) electrons. The lowest BCUT2D eigenvalue weighted by Crippen LogP contribution is -2.20. The van der Waals surface area contributed by atoms with E-state index in [2.05, 4.69) is 17.0 Å². The monoisotopic (exact) mass is 410 g/mol. The summed E-state index contributed by atoms with van der Waals surface area (Å²) in [5, 5.41) is 2.97. The Balaban J connectivity index is 1.97. The van der Waals surface area contributed by atoms with E-state index in [0.29, 0.717) is 22.9 Å². The molecule has 2 aromatic rings. The lowest BCUT2D eigenvalue weighted by molar-refractivity contribution is -0.0515. The van der Waals surface area contributed by atoms with Gasteiger partial charge in [-0.05, 0) is 42.9 Å². The molecule has 9 heteroatoms. The molecule has 1 atom stereocenters. The summed E-state index contributed by atoms with van der Waals surface area (Å²) in [7, 11) is 1.29. The minimum absolute atomic E-state index is 0.00220. The number of nitrogens with one attached hydrogen (secondary N) is 1. The third-order valence-electron chi connectivity index (χ3n) is 4.64. The fourth-order valence-corrected chi connectivity index (χ4v) is 4.75. The van der Waals surface area contributed by atoms with Gasteiger partial charge in [-0.25, -0.2) is 0 Å². The molecular formula is C19H20F2N2O4S. The number of rotatable bonds is 6. The smallest absolute Gasteiger partial charge is 0.387 e. The van der Waals surface area contributed by atoms with E-state index in [9.17, 15) is 18.4 Å². The predicted octanol–water partition coefficient (Wildman–Crippen LogP) is 3.83. The van der Waals surface area contributed by atoms with E-state index in [1.807, 2.05) is 0 Å². The van der Waals surface area contributed by atoms with Gasteiger partial charge in [0.15, 0.2) is 11.5 Å². The van der Waals surface area contributed by atoms with E-state index < -0.39 is 18.4 Å². The van der Waals surface area contributed by atoms with Crippen LogP contribution in [-0.2, 0) is 12.8 Å². The average molecular weight is 410 g/mol. The van der Waals surface area contributed by atoms with E-state index >= 15 is 0 Å². The van der Waals surface area contributed by atoms with Crippen molar-refractivity contribution in [3.8, 4) is 11.5 Å². The average Bonchev–Trinajstić information content (AvgIpc) is 2.98. The SMILES string of the molecule is COc1cccc(C(=O)Nc2sc3c(c2C(N)=O)CC[C@@H](C)C3)c1OC(F)F. The minimum Gasteiger partial charge on any atom is -0.493 e. The molecule has 1 aliphatic carbocycles. The Morgan fingerprint density at radius 1 is 1.36 bits per heavy atom. The van der Waals surface area contributed by atoms with Crippen LogP contribution in [0.3, 0.4) is 0 Å². The van der Waals surface area contributed by atoms with Crippen LogP contribution in [-0.4, -0.2) is 25.5 Å². The standard InChI is InChI=1S/C19H20F2N2O4S/c1-9-6-7-10-13(8-9)28-18(14(10)16(22)24)23-17(25)11-4-3-5-12(26-2)15(11)27-19(20)21/h3-5,9,19H,6-8H2,1-2H3,(H2,22,24)(H,23,25)/t9-/m1/s1. The van der Waals surface area contributed by atoms with Crippen molar-refractivity contribution in [2.45, 2.75) is 32.8 Å². The molecule has 0 spiro atoms. The van der Waals surface area contributed by atoms with Gasteiger partial charge in [0, 0.05) is 4.88 Å². The Bertz CT molecular complexity index is 914. The first-order chi connectivity index (χ1) is 13.3. The number of thiophene rings is 1. The molecule has 0 saturated carbocycles. The van der Waals surface area contributed by atoms with Gasteiger partial charge in [-0.15, -0.1) is 11.3 Å². The Hall–Kier alpha value is -2.68. The highest BCUT2D eigenvalue weighted by molar-refractivity contribution is 7.17. The van der Waals surface area contributed by atoms with Crippen molar-refractivity contribution < 1.29 is 27.8 Å². The summed E-state index contributed by atoms with van der Waals surface area (Å²) in [6, 6.07) is 4.24. The number of nitrogens with two attached hydrogens (primary N) is 1. The van der Waals surface area contributed by atoms with E-state index in [1.54, 1.807) is 0 Å². The largest absolute Gasteiger partial charge is 0.493 e. The number of anilines is 1. The number of methoxy groups -OCH3 is 1. The fourth-order valence-electron chi connectivity index (χ4n) is 3.34. The van der Waals surface area contributed by atoms with Crippen molar-refractivity contribution in [3.63, 3.8) is 0 Å². The molecule has 1 aromatic carbocycles. The number of hydrogen-bond acceptors (Lipinski definition) is 5. The molecule has 3 rings (SSSR count). The topological polar surface area (TPSA) is 90.6 Å². The van der Waals surface area contributed by atoms with Gasteiger partial charge in [0.2, 0.25) is 0 Å². The van der Waals surface area contributed by atoms with Crippen LogP contribution >= 0.6 is 11.3 Å². The van der Waals surface area contributed by atoms with Gasteiger partial charge in [0.25, 0.3) is 11.8 Å². The third kappa shape index (κ3) is 3.94. The van der Waals surface area contributed by atoms with Crippen LogP contribution in [0.4, 0.5) is 13.8 Å². The summed E-state index contributed by atoms with van der Waals surface area (Å²) >= 11 is 1.29. The number of halogens is 2. The molecule has 0 bridgehead atoms. The second-order valence-corrected chi connectivity index (χ2v) is 7.69.